The fourth-order valence-electron chi connectivity index (χ4n) is 4.65. The van der Waals surface area contributed by atoms with Crippen LogP contribution in [0.25, 0.3) is 11.1 Å². The van der Waals surface area contributed by atoms with Gasteiger partial charge < -0.3 is 19.9 Å². The standard InChI is InChI=1S/C27H34N2O6/c1-16(2)21(15-28-25(32)35-27(3,4)5)23(24(30)31)29(26(33)34-6)22-19-13-9-7-11-17(19)18-12-8-10-14-20(18)22/h7-14,16,21-23H,15H2,1-6H3,(H,28,32)(H,30,31). The van der Waals surface area contributed by atoms with Crippen molar-refractivity contribution in [1.82, 2.24) is 10.2 Å². The number of aliphatic carboxylic acids is 1. The van der Waals surface area contributed by atoms with Gasteiger partial charge in [-0.2, -0.15) is 0 Å². The van der Waals surface area contributed by atoms with Crippen molar-refractivity contribution in [3.8, 4) is 11.1 Å². The van der Waals surface area contributed by atoms with Crippen molar-refractivity contribution in [3.63, 3.8) is 0 Å². The molecule has 2 amide bonds. The zero-order valence-corrected chi connectivity index (χ0v) is 21.1. The lowest BCUT2D eigenvalue weighted by atomic mass is 9.85. The number of hydrogen-bond acceptors (Lipinski definition) is 5. The monoisotopic (exact) mass is 482 g/mol. The molecule has 0 aromatic heterocycles. The molecule has 8 nitrogen and oxygen atoms in total. The minimum Gasteiger partial charge on any atom is -0.480 e. The van der Waals surface area contributed by atoms with Crippen molar-refractivity contribution in [3.05, 3.63) is 59.7 Å². The Balaban J connectivity index is 2.06. The fourth-order valence-corrected chi connectivity index (χ4v) is 4.65. The smallest absolute Gasteiger partial charge is 0.411 e. The molecule has 35 heavy (non-hydrogen) atoms. The molecule has 2 atom stereocenters. The van der Waals surface area contributed by atoms with Crippen LogP contribution in [-0.4, -0.2) is 53.5 Å². The van der Waals surface area contributed by atoms with Gasteiger partial charge in [0.1, 0.15) is 11.6 Å². The molecular weight excluding hydrogens is 448 g/mol. The molecule has 2 unspecified atom stereocenters. The highest BCUT2D eigenvalue weighted by Crippen LogP contribution is 2.47. The number of fused-ring (bicyclic) bond motifs is 3. The van der Waals surface area contributed by atoms with Crippen molar-refractivity contribution in [1.29, 1.82) is 0 Å². The molecule has 3 rings (SSSR count). The molecule has 2 aromatic carbocycles. The fraction of sp³-hybridized carbons (Fsp3) is 0.444. The van der Waals surface area contributed by atoms with Gasteiger partial charge in [0.25, 0.3) is 0 Å². The third-order valence-electron chi connectivity index (χ3n) is 6.16. The zero-order chi connectivity index (χ0) is 25.9. The minimum atomic E-state index is -1.28. The summed E-state index contributed by atoms with van der Waals surface area (Å²) in [6.07, 6.45) is -1.40. The van der Waals surface area contributed by atoms with Gasteiger partial charge in [-0.1, -0.05) is 62.4 Å². The van der Waals surface area contributed by atoms with Crippen LogP contribution in [0.4, 0.5) is 9.59 Å². The molecule has 0 saturated heterocycles. The molecule has 0 spiro atoms. The normalized spacial score (nSPS) is 14.5. The Bertz CT molecular complexity index is 1050. The van der Waals surface area contributed by atoms with Crippen LogP contribution < -0.4 is 5.32 Å². The molecule has 188 valence electrons. The van der Waals surface area contributed by atoms with E-state index >= 15 is 0 Å². The van der Waals surface area contributed by atoms with Gasteiger partial charge in [-0.3, -0.25) is 4.90 Å². The van der Waals surface area contributed by atoms with E-state index in [4.69, 9.17) is 9.47 Å². The summed E-state index contributed by atoms with van der Waals surface area (Å²) in [5.74, 6) is -1.99. The molecule has 8 heteroatoms. The summed E-state index contributed by atoms with van der Waals surface area (Å²) in [5.41, 5.74) is 2.85. The number of alkyl carbamates (subject to hydrolysis) is 1. The highest BCUT2D eigenvalue weighted by Gasteiger charge is 2.46. The van der Waals surface area contributed by atoms with E-state index in [-0.39, 0.29) is 12.5 Å². The molecule has 0 bridgehead atoms. The maximum Gasteiger partial charge on any atom is 0.411 e. The highest BCUT2D eigenvalue weighted by atomic mass is 16.6. The number of carboxylic acid groups (broad SMARTS) is 1. The van der Waals surface area contributed by atoms with E-state index in [0.717, 1.165) is 22.3 Å². The maximum absolute atomic E-state index is 13.2. The second-order valence-electron chi connectivity index (χ2n) is 10.0. The number of carboxylic acids is 1. The highest BCUT2D eigenvalue weighted by molar-refractivity contribution is 5.85. The van der Waals surface area contributed by atoms with E-state index < -0.39 is 41.8 Å². The Kier molecular flexibility index (Phi) is 7.73. The molecule has 0 aliphatic heterocycles. The van der Waals surface area contributed by atoms with E-state index in [1.165, 1.54) is 12.0 Å². The second-order valence-corrected chi connectivity index (χ2v) is 10.0. The predicted octanol–water partition coefficient (Wildman–Crippen LogP) is 5.07. The first-order valence-corrected chi connectivity index (χ1v) is 11.7. The maximum atomic E-state index is 13.2. The topological polar surface area (TPSA) is 105 Å². The summed E-state index contributed by atoms with van der Waals surface area (Å²) in [6, 6.07) is 13.4. The van der Waals surface area contributed by atoms with Crippen molar-refractivity contribution in [2.24, 2.45) is 11.8 Å². The van der Waals surface area contributed by atoms with Gasteiger partial charge in [0, 0.05) is 12.5 Å². The Labute approximate surface area is 206 Å². The molecular formula is C27H34N2O6. The Morgan fingerprint density at radius 3 is 1.94 bits per heavy atom. The van der Waals surface area contributed by atoms with Crippen LogP contribution in [0, 0.1) is 11.8 Å². The average Bonchev–Trinajstić information content (AvgIpc) is 3.11. The lowest BCUT2D eigenvalue weighted by Gasteiger charge is -2.39. The first-order valence-electron chi connectivity index (χ1n) is 11.7. The number of nitrogens with zero attached hydrogens (tertiary/aromatic N) is 1. The largest absolute Gasteiger partial charge is 0.480 e. The molecule has 0 heterocycles. The summed E-state index contributed by atoms with van der Waals surface area (Å²) >= 11 is 0. The van der Waals surface area contributed by atoms with Gasteiger partial charge in [0.2, 0.25) is 0 Å². The van der Waals surface area contributed by atoms with E-state index in [0.29, 0.717) is 0 Å². The number of rotatable bonds is 7. The molecule has 0 fully saturated rings. The third-order valence-corrected chi connectivity index (χ3v) is 6.16. The number of carbonyl (C=O) groups is 3. The Morgan fingerprint density at radius 1 is 1.00 bits per heavy atom. The Hall–Kier alpha value is -3.55. The van der Waals surface area contributed by atoms with E-state index in [1.54, 1.807) is 20.8 Å². The third kappa shape index (κ3) is 5.58. The summed E-state index contributed by atoms with van der Waals surface area (Å²) in [4.78, 5) is 39.6. The molecule has 1 aliphatic rings. The van der Waals surface area contributed by atoms with Crippen molar-refractivity contribution in [2.75, 3.05) is 13.7 Å². The number of benzene rings is 2. The molecule has 1 aliphatic carbocycles. The van der Waals surface area contributed by atoms with Gasteiger partial charge in [-0.15, -0.1) is 0 Å². The van der Waals surface area contributed by atoms with Gasteiger partial charge in [-0.25, -0.2) is 14.4 Å². The van der Waals surface area contributed by atoms with Crippen LogP contribution in [0.1, 0.15) is 51.8 Å². The van der Waals surface area contributed by atoms with Crippen molar-refractivity contribution < 1.29 is 29.0 Å². The van der Waals surface area contributed by atoms with Crippen LogP contribution in [0.5, 0.6) is 0 Å². The van der Waals surface area contributed by atoms with Crippen LogP contribution >= 0.6 is 0 Å². The number of methoxy groups -OCH3 is 1. The number of hydrogen-bond donors (Lipinski definition) is 2. The predicted molar refractivity (Wildman–Crippen MR) is 132 cm³/mol. The van der Waals surface area contributed by atoms with E-state index in [1.807, 2.05) is 62.4 Å². The van der Waals surface area contributed by atoms with Gasteiger partial charge in [-0.05, 0) is 48.9 Å². The number of amides is 2. The van der Waals surface area contributed by atoms with Crippen LogP contribution in [-0.2, 0) is 14.3 Å². The van der Waals surface area contributed by atoms with E-state index in [9.17, 15) is 19.5 Å². The van der Waals surface area contributed by atoms with Gasteiger partial charge >= 0.3 is 18.2 Å². The number of nitrogens with one attached hydrogen (secondary N) is 1. The van der Waals surface area contributed by atoms with Gasteiger partial charge in [0.05, 0.1) is 13.2 Å². The summed E-state index contributed by atoms with van der Waals surface area (Å²) < 4.78 is 10.4. The summed E-state index contributed by atoms with van der Waals surface area (Å²) in [5, 5.41) is 13.1. The van der Waals surface area contributed by atoms with Crippen molar-refractivity contribution >= 4 is 18.2 Å². The summed E-state index contributed by atoms with van der Waals surface area (Å²) in [6.45, 7) is 8.99. The number of ether oxygens (including phenoxy) is 2. The zero-order valence-electron chi connectivity index (χ0n) is 21.1. The lowest BCUT2D eigenvalue weighted by molar-refractivity contribution is -0.146. The second kappa shape index (κ2) is 10.4. The average molecular weight is 483 g/mol. The van der Waals surface area contributed by atoms with Crippen LogP contribution in [0.2, 0.25) is 0 Å². The SMILES string of the molecule is COC(=O)N(C1c2ccccc2-c2ccccc21)C(C(=O)O)C(CNC(=O)OC(C)(C)C)C(C)C. The van der Waals surface area contributed by atoms with E-state index in [2.05, 4.69) is 5.32 Å². The van der Waals surface area contributed by atoms with Crippen molar-refractivity contribution in [2.45, 2.75) is 52.3 Å². The quantitative estimate of drug-likeness (QED) is 0.571. The van der Waals surface area contributed by atoms with Crippen LogP contribution in [0.3, 0.4) is 0 Å². The number of carbonyl (C=O) groups excluding carboxylic acids is 2. The first-order chi connectivity index (χ1) is 16.5. The molecule has 0 saturated carbocycles. The van der Waals surface area contributed by atoms with Crippen LogP contribution in [0.15, 0.2) is 48.5 Å². The summed E-state index contributed by atoms with van der Waals surface area (Å²) in [7, 11) is 1.24. The molecule has 2 aromatic rings. The Morgan fingerprint density at radius 2 is 1.51 bits per heavy atom. The van der Waals surface area contributed by atoms with Gasteiger partial charge in [0.15, 0.2) is 0 Å². The molecule has 2 N–H and O–H groups in total. The first kappa shape index (κ1) is 26.1. The minimum absolute atomic E-state index is 0.00700. The lowest BCUT2D eigenvalue weighted by Crippen LogP contribution is -2.54. The molecule has 0 radical (unpaired) electrons.